The monoisotopic (exact) mass is 577 g/mol. The summed E-state index contributed by atoms with van der Waals surface area (Å²) in [6.07, 6.45) is 1.14. The van der Waals surface area contributed by atoms with Gasteiger partial charge in [0.1, 0.15) is 11.6 Å². The molecule has 0 bridgehead atoms. The maximum absolute atomic E-state index is 14.5. The quantitative estimate of drug-likeness (QED) is 0.195. The van der Waals surface area contributed by atoms with Gasteiger partial charge in [-0.1, -0.05) is 78.9 Å². The number of rotatable bonds is 6. The lowest BCUT2D eigenvalue weighted by Crippen LogP contribution is -2.20. The number of para-hydroxylation sites is 1. The van der Waals surface area contributed by atoms with Crippen molar-refractivity contribution >= 4 is 23.2 Å². The summed E-state index contributed by atoms with van der Waals surface area (Å²) in [7, 11) is 1.80. The van der Waals surface area contributed by atoms with Crippen molar-refractivity contribution in [1.82, 2.24) is 14.0 Å². The second-order valence-electron chi connectivity index (χ2n) is 9.56. The molecule has 0 saturated heterocycles. The van der Waals surface area contributed by atoms with E-state index in [1.165, 1.54) is 34.2 Å². The van der Waals surface area contributed by atoms with Crippen LogP contribution < -0.4 is 10.4 Å². The summed E-state index contributed by atoms with van der Waals surface area (Å²) in [6, 6.07) is 30.9. The molecule has 6 rings (SSSR count). The van der Waals surface area contributed by atoms with Gasteiger partial charge in [-0.25, -0.2) is 23.1 Å². The van der Waals surface area contributed by atoms with Gasteiger partial charge < -0.3 is 0 Å². The number of hydrogen-bond acceptors (Lipinski definition) is 4. The van der Waals surface area contributed by atoms with Crippen LogP contribution in [0.2, 0.25) is 0 Å². The van der Waals surface area contributed by atoms with Crippen LogP contribution in [0, 0.1) is 18.6 Å². The standard InChI is InChI=1S/C33H25F2N5OS/c1-22-31(32(41)40(38(22)2)26-12-7-4-8-13-26)37-33-39(36-20-27-28(34)14-9-15-29(27)35)30(21-42-33)25-18-16-24(17-19-25)23-10-5-3-6-11-23/h3-21H,1-2H3. The Hall–Kier alpha value is -5.15. The van der Waals surface area contributed by atoms with Crippen LogP contribution in [0.25, 0.3) is 28.1 Å². The fraction of sp³-hybridized carbons (Fsp3) is 0.0606. The molecular weight excluding hydrogens is 552 g/mol. The van der Waals surface area contributed by atoms with E-state index in [0.29, 0.717) is 21.9 Å². The average Bonchev–Trinajstić information content (AvgIpc) is 3.51. The third-order valence-electron chi connectivity index (χ3n) is 7.01. The number of aromatic nitrogens is 3. The highest BCUT2D eigenvalue weighted by Crippen LogP contribution is 2.26. The zero-order valence-electron chi connectivity index (χ0n) is 22.8. The molecule has 0 atom stereocenters. The molecule has 0 fully saturated rings. The number of thiazole rings is 1. The minimum atomic E-state index is -0.730. The smallest absolute Gasteiger partial charge is 0.283 e. The van der Waals surface area contributed by atoms with E-state index >= 15 is 0 Å². The molecule has 0 aliphatic carbocycles. The van der Waals surface area contributed by atoms with Gasteiger partial charge in [0.25, 0.3) is 5.56 Å². The van der Waals surface area contributed by atoms with Crippen molar-refractivity contribution in [2.24, 2.45) is 17.1 Å². The number of nitrogens with zero attached hydrogens (tertiary/aromatic N) is 5. The molecule has 2 heterocycles. The fourth-order valence-corrected chi connectivity index (χ4v) is 5.52. The van der Waals surface area contributed by atoms with Gasteiger partial charge in [0.2, 0.25) is 4.80 Å². The molecule has 0 aliphatic heterocycles. The van der Waals surface area contributed by atoms with Gasteiger partial charge in [0, 0.05) is 18.0 Å². The zero-order chi connectivity index (χ0) is 29.2. The Morgan fingerprint density at radius 3 is 2.02 bits per heavy atom. The first kappa shape index (κ1) is 27.0. The van der Waals surface area contributed by atoms with E-state index in [1.54, 1.807) is 16.4 Å². The molecule has 0 N–H and O–H groups in total. The Bertz CT molecular complexity index is 2020. The van der Waals surface area contributed by atoms with Crippen molar-refractivity contribution in [2.45, 2.75) is 6.92 Å². The molecule has 0 saturated carbocycles. The molecule has 4 aromatic carbocycles. The highest BCUT2D eigenvalue weighted by molar-refractivity contribution is 7.07. The van der Waals surface area contributed by atoms with Crippen LogP contribution in [0.4, 0.5) is 14.5 Å². The van der Waals surface area contributed by atoms with Crippen LogP contribution in [0.1, 0.15) is 11.3 Å². The van der Waals surface area contributed by atoms with E-state index in [9.17, 15) is 13.6 Å². The SMILES string of the molecule is Cc1c(N=c2scc(-c3ccc(-c4ccccc4)cc3)n2N=Cc2c(F)cccc2F)c(=O)n(-c2ccccc2)n1C. The van der Waals surface area contributed by atoms with E-state index in [-0.39, 0.29) is 16.8 Å². The molecule has 9 heteroatoms. The van der Waals surface area contributed by atoms with E-state index in [2.05, 4.69) is 5.10 Å². The Balaban J connectivity index is 1.51. The normalized spacial score (nSPS) is 12.0. The summed E-state index contributed by atoms with van der Waals surface area (Å²) in [6.45, 7) is 1.82. The summed E-state index contributed by atoms with van der Waals surface area (Å²) in [5.41, 5.74) is 4.66. The summed E-state index contributed by atoms with van der Waals surface area (Å²) in [4.78, 5) is 18.7. The molecule has 6 aromatic rings. The third kappa shape index (κ3) is 5.06. The van der Waals surface area contributed by atoms with Crippen molar-refractivity contribution in [1.29, 1.82) is 0 Å². The molecule has 208 valence electrons. The largest absolute Gasteiger partial charge is 0.297 e. The maximum Gasteiger partial charge on any atom is 0.297 e. The van der Waals surface area contributed by atoms with Gasteiger partial charge >= 0.3 is 0 Å². The van der Waals surface area contributed by atoms with Crippen LogP contribution >= 0.6 is 11.3 Å². The second-order valence-corrected chi connectivity index (χ2v) is 10.4. The lowest BCUT2D eigenvalue weighted by Gasteiger charge is -2.07. The van der Waals surface area contributed by atoms with Crippen LogP contribution in [0.3, 0.4) is 0 Å². The molecule has 0 aliphatic rings. The van der Waals surface area contributed by atoms with Crippen LogP contribution in [-0.4, -0.2) is 20.3 Å². The molecule has 0 spiro atoms. The highest BCUT2D eigenvalue weighted by Gasteiger charge is 2.17. The summed E-state index contributed by atoms with van der Waals surface area (Å²) >= 11 is 1.28. The zero-order valence-corrected chi connectivity index (χ0v) is 23.6. The van der Waals surface area contributed by atoms with Gasteiger partial charge in [-0.2, -0.15) is 5.10 Å². The van der Waals surface area contributed by atoms with E-state index in [4.69, 9.17) is 4.99 Å². The molecule has 0 amide bonds. The molecule has 2 aromatic heterocycles. The molecule has 0 unspecified atom stereocenters. The molecule has 0 radical (unpaired) electrons. The van der Waals surface area contributed by atoms with Gasteiger partial charge in [-0.05, 0) is 42.3 Å². The molecule has 6 nitrogen and oxygen atoms in total. The number of benzene rings is 4. The fourth-order valence-electron chi connectivity index (χ4n) is 4.68. The highest BCUT2D eigenvalue weighted by atomic mass is 32.1. The Morgan fingerprint density at radius 1 is 0.762 bits per heavy atom. The first-order chi connectivity index (χ1) is 20.4. The average molecular weight is 578 g/mol. The first-order valence-corrected chi connectivity index (χ1v) is 14.0. The molecule has 42 heavy (non-hydrogen) atoms. The predicted molar refractivity (Wildman–Crippen MR) is 164 cm³/mol. The van der Waals surface area contributed by atoms with Crippen molar-refractivity contribution in [3.05, 3.63) is 147 Å². The topological polar surface area (TPSA) is 56.6 Å². The lowest BCUT2D eigenvalue weighted by molar-refractivity contribution is 0.579. The minimum Gasteiger partial charge on any atom is -0.283 e. The lowest BCUT2D eigenvalue weighted by atomic mass is 10.0. The molecular formula is C33H25F2N5OS. The predicted octanol–water partition coefficient (Wildman–Crippen LogP) is 7.07. The van der Waals surface area contributed by atoms with Gasteiger partial charge in [0.15, 0.2) is 5.69 Å². The second kappa shape index (κ2) is 11.4. The van der Waals surface area contributed by atoms with Crippen LogP contribution in [-0.2, 0) is 7.05 Å². The van der Waals surface area contributed by atoms with Gasteiger partial charge in [-0.3, -0.25) is 9.48 Å². The number of hydrogen-bond donors (Lipinski definition) is 0. The van der Waals surface area contributed by atoms with Crippen molar-refractivity contribution in [3.8, 4) is 28.1 Å². The van der Waals surface area contributed by atoms with Crippen molar-refractivity contribution in [3.63, 3.8) is 0 Å². The van der Waals surface area contributed by atoms with Gasteiger partial charge in [0.05, 0.1) is 28.9 Å². The van der Waals surface area contributed by atoms with E-state index in [0.717, 1.165) is 22.9 Å². The Kier molecular flexibility index (Phi) is 7.33. The van der Waals surface area contributed by atoms with Gasteiger partial charge in [-0.15, -0.1) is 11.3 Å². The van der Waals surface area contributed by atoms with Crippen LogP contribution in [0.15, 0.2) is 123 Å². The van der Waals surface area contributed by atoms with Crippen LogP contribution in [0.5, 0.6) is 0 Å². The van der Waals surface area contributed by atoms with E-state index in [1.807, 2.05) is 97.2 Å². The summed E-state index contributed by atoms with van der Waals surface area (Å²) in [5, 5.41) is 6.33. The van der Waals surface area contributed by atoms with Crippen molar-refractivity contribution in [2.75, 3.05) is 0 Å². The summed E-state index contributed by atoms with van der Waals surface area (Å²) in [5.74, 6) is -1.46. The first-order valence-electron chi connectivity index (χ1n) is 13.2. The van der Waals surface area contributed by atoms with E-state index < -0.39 is 11.6 Å². The third-order valence-corrected chi connectivity index (χ3v) is 7.82. The maximum atomic E-state index is 14.5. The summed E-state index contributed by atoms with van der Waals surface area (Å²) < 4.78 is 33.7. The number of halogens is 2. The Morgan fingerprint density at radius 2 is 1.36 bits per heavy atom. The minimum absolute atomic E-state index is 0.246. The Labute approximate surface area is 244 Å². The van der Waals surface area contributed by atoms with Crippen molar-refractivity contribution < 1.29 is 8.78 Å².